The normalized spacial score (nSPS) is 12.7. The van der Waals surface area contributed by atoms with E-state index in [1.165, 1.54) is 12.1 Å². The van der Waals surface area contributed by atoms with Gasteiger partial charge in [0.15, 0.2) is 0 Å². The minimum Gasteiger partial charge on any atom is -0.386 e. The van der Waals surface area contributed by atoms with Crippen LogP contribution in [0.15, 0.2) is 12.1 Å². The molecule has 1 heterocycles. The summed E-state index contributed by atoms with van der Waals surface area (Å²) in [6, 6.07) is 2.96. The summed E-state index contributed by atoms with van der Waals surface area (Å²) in [4.78, 5) is 22.5. The predicted octanol–water partition coefficient (Wildman–Crippen LogP) is 0.960. The quantitative estimate of drug-likeness (QED) is 0.352. The number of fused-ring (bicyclic) bond motifs is 1. The van der Waals surface area contributed by atoms with E-state index in [9.17, 15) is 9.59 Å². The van der Waals surface area contributed by atoms with Gasteiger partial charge < -0.3 is 4.74 Å². The first-order valence-corrected chi connectivity index (χ1v) is 4.05. The highest BCUT2D eigenvalue weighted by Crippen LogP contribution is 2.25. The molecule has 0 fully saturated rings. The van der Waals surface area contributed by atoms with Crippen molar-refractivity contribution in [3.63, 3.8) is 0 Å². The second kappa shape index (κ2) is 3.01. The summed E-state index contributed by atoms with van der Waals surface area (Å²) in [6.07, 6.45) is 10.5. The second-order valence-corrected chi connectivity index (χ2v) is 2.88. The average Bonchev–Trinajstić information content (AvgIpc) is 2.53. The summed E-state index contributed by atoms with van der Waals surface area (Å²) in [5.41, 5.74) is 0.915. The fourth-order valence-corrected chi connectivity index (χ4v) is 1.45. The molecule has 0 unspecified atom stereocenters. The Kier molecular flexibility index (Phi) is 1.81. The Hall–Kier alpha value is -2.52. The van der Waals surface area contributed by atoms with E-state index in [1.807, 2.05) is 0 Å². The van der Waals surface area contributed by atoms with Gasteiger partial charge >= 0.3 is 11.9 Å². The van der Waals surface area contributed by atoms with Gasteiger partial charge in [0.25, 0.3) is 0 Å². The Morgan fingerprint density at radius 2 is 1.80 bits per heavy atom. The molecule has 0 N–H and O–H groups in total. The molecule has 0 radical (unpaired) electrons. The van der Waals surface area contributed by atoms with Crippen molar-refractivity contribution in [2.24, 2.45) is 0 Å². The van der Waals surface area contributed by atoms with Crippen molar-refractivity contribution in [1.82, 2.24) is 0 Å². The van der Waals surface area contributed by atoms with Crippen molar-refractivity contribution in [2.45, 2.75) is 0 Å². The van der Waals surface area contributed by atoms with Crippen LogP contribution in [-0.2, 0) is 4.74 Å². The molecule has 3 nitrogen and oxygen atoms in total. The molecule has 1 aromatic carbocycles. The van der Waals surface area contributed by atoms with Crippen molar-refractivity contribution < 1.29 is 14.3 Å². The molecule has 0 saturated carbocycles. The first kappa shape index (κ1) is 9.05. The Balaban J connectivity index is 2.85. The molecule has 0 amide bonds. The number of carbonyl (C=O) groups excluding carboxylic acids is 2. The molecule has 1 aliphatic rings. The third-order valence-electron chi connectivity index (χ3n) is 2.11. The lowest BCUT2D eigenvalue weighted by Gasteiger charge is -1.99. The molecular weight excluding hydrogens is 192 g/mol. The van der Waals surface area contributed by atoms with Crippen LogP contribution in [0.5, 0.6) is 0 Å². The first-order valence-electron chi connectivity index (χ1n) is 4.05. The first-order chi connectivity index (χ1) is 7.19. The van der Waals surface area contributed by atoms with Gasteiger partial charge in [-0.1, -0.05) is 11.8 Å². The monoisotopic (exact) mass is 196 g/mol. The molecule has 70 valence electrons. The third kappa shape index (κ3) is 1.11. The average molecular weight is 196 g/mol. The topological polar surface area (TPSA) is 43.4 Å². The van der Waals surface area contributed by atoms with E-state index >= 15 is 0 Å². The summed E-state index contributed by atoms with van der Waals surface area (Å²) in [5, 5.41) is 0. The molecule has 1 aliphatic heterocycles. The molecule has 0 spiro atoms. The van der Waals surface area contributed by atoms with E-state index in [0.29, 0.717) is 5.56 Å². The Bertz CT molecular complexity index is 568. The van der Waals surface area contributed by atoms with Crippen LogP contribution in [0.3, 0.4) is 0 Å². The number of rotatable bonds is 0. The van der Waals surface area contributed by atoms with E-state index in [-0.39, 0.29) is 16.7 Å². The lowest BCUT2D eigenvalue weighted by atomic mass is 9.98. The number of hydrogen-bond acceptors (Lipinski definition) is 3. The van der Waals surface area contributed by atoms with E-state index in [4.69, 9.17) is 12.8 Å². The fraction of sp³-hybridized carbons (Fsp3) is 0. The molecule has 0 bridgehead atoms. The Labute approximate surface area is 86.1 Å². The van der Waals surface area contributed by atoms with Crippen LogP contribution < -0.4 is 0 Å². The third-order valence-corrected chi connectivity index (χ3v) is 2.11. The van der Waals surface area contributed by atoms with E-state index in [1.54, 1.807) is 0 Å². The van der Waals surface area contributed by atoms with Gasteiger partial charge in [0.05, 0.1) is 16.7 Å². The summed E-state index contributed by atoms with van der Waals surface area (Å²) in [6.45, 7) is 0. The largest absolute Gasteiger partial charge is 0.386 e. The van der Waals surface area contributed by atoms with Crippen molar-refractivity contribution in [2.75, 3.05) is 0 Å². The molecule has 0 atom stereocenters. The molecule has 0 aliphatic carbocycles. The second-order valence-electron chi connectivity index (χ2n) is 2.88. The molecular formula is C12H4O3. The van der Waals surface area contributed by atoms with Crippen LogP contribution in [0.4, 0.5) is 0 Å². The van der Waals surface area contributed by atoms with Crippen LogP contribution in [0.25, 0.3) is 0 Å². The van der Waals surface area contributed by atoms with Gasteiger partial charge in [-0.05, 0) is 12.1 Å². The zero-order valence-electron chi connectivity index (χ0n) is 7.53. The maximum Gasteiger partial charge on any atom is 0.348 e. The Morgan fingerprint density at radius 3 is 2.40 bits per heavy atom. The standard InChI is InChI=1S/C12H4O3/c1-3-7-5-6-9-10(8(7)4-2)12(14)15-11(9)13/h1-2,5-6H. The van der Waals surface area contributed by atoms with Crippen LogP contribution in [-0.4, -0.2) is 11.9 Å². The molecule has 1 aromatic rings. The van der Waals surface area contributed by atoms with Crippen molar-refractivity contribution in [3.05, 3.63) is 34.4 Å². The number of hydrogen-bond donors (Lipinski definition) is 0. The maximum absolute atomic E-state index is 11.3. The van der Waals surface area contributed by atoms with Crippen LogP contribution >= 0.6 is 0 Å². The zero-order chi connectivity index (χ0) is 11.0. The maximum atomic E-state index is 11.3. The smallest absolute Gasteiger partial charge is 0.348 e. The number of esters is 2. The molecule has 15 heavy (non-hydrogen) atoms. The van der Waals surface area contributed by atoms with Gasteiger partial charge in [-0.2, -0.15) is 0 Å². The van der Waals surface area contributed by atoms with Gasteiger partial charge in [-0.15, -0.1) is 12.8 Å². The fourth-order valence-electron chi connectivity index (χ4n) is 1.45. The van der Waals surface area contributed by atoms with Gasteiger partial charge in [0.1, 0.15) is 0 Å². The summed E-state index contributed by atoms with van der Waals surface area (Å²) in [7, 11) is 0. The lowest BCUT2D eigenvalue weighted by Crippen LogP contribution is -2.00. The van der Waals surface area contributed by atoms with E-state index in [2.05, 4.69) is 16.6 Å². The molecule has 0 saturated heterocycles. The lowest BCUT2D eigenvalue weighted by molar-refractivity contribution is 0.0443. The highest BCUT2D eigenvalue weighted by molar-refractivity contribution is 6.16. The highest BCUT2D eigenvalue weighted by atomic mass is 16.6. The summed E-state index contributed by atoms with van der Waals surface area (Å²) >= 11 is 0. The zero-order valence-corrected chi connectivity index (χ0v) is 7.53. The minimum absolute atomic E-state index is 0.0953. The van der Waals surface area contributed by atoms with Crippen LogP contribution in [0, 0.1) is 24.7 Å². The van der Waals surface area contributed by atoms with Crippen molar-refractivity contribution >= 4 is 11.9 Å². The van der Waals surface area contributed by atoms with E-state index in [0.717, 1.165) is 0 Å². The van der Waals surface area contributed by atoms with Gasteiger partial charge in [-0.25, -0.2) is 9.59 Å². The van der Waals surface area contributed by atoms with Gasteiger partial charge in [0.2, 0.25) is 0 Å². The molecule has 0 aromatic heterocycles. The highest BCUT2D eigenvalue weighted by Gasteiger charge is 2.32. The van der Waals surface area contributed by atoms with Crippen LogP contribution in [0.2, 0.25) is 0 Å². The predicted molar refractivity (Wildman–Crippen MR) is 52.1 cm³/mol. The Morgan fingerprint density at radius 1 is 1.07 bits per heavy atom. The van der Waals surface area contributed by atoms with Gasteiger partial charge in [-0.3, -0.25) is 0 Å². The number of carbonyl (C=O) groups is 2. The number of benzene rings is 1. The SMILES string of the molecule is C#Cc1ccc2c(c1C#C)C(=O)OC2=O. The van der Waals surface area contributed by atoms with Crippen molar-refractivity contribution in [1.29, 1.82) is 0 Å². The van der Waals surface area contributed by atoms with Crippen molar-refractivity contribution in [3.8, 4) is 24.7 Å². The van der Waals surface area contributed by atoms with Crippen LogP contribution in [0.1, 0.15) is 31.8 Å². The molecule has 3 heteroatoms. The van der Waals surface area contributed by atoms with E-state index < -0.39 is 11.9 Å². The minimum atomic E-state index is -0.736. The van der Waals surface area contributed by atoms with Gasteiger partial charge in [0, 0.05) is 5.56 Å². The summed E-state index contributed by atoms with van der Waals surface area (Å²) in [5.74, 6) is 3.23. The number of ether oxygens (including phenoxy) is 1. The summed E-state index contributed by atoms with van der Waals surface area (Å²) < 4.78 is 4.43. The number of cyclic esters (lactones) is 2. The number of terminal acetylenes is 2. The molecule has 2 rings (SSSR count).